The van der Waals surface area contributed by atoms with Gasteiger partial charge in [-0.2, -0.15) is 5.26 Å². The monoisotopic (exact) mass is 339 g/mol. The molecule has 0 saturated carbocycles. The van der Waals surface area contributed by atoms with Crippen molar-refractivity contribution in [1.82, 2.24) is 0 Å². The van der Waals surface area contributed by atoms with E-state index in [0.717, 1.165) is 49.7 Å². The van der Waals surface area contributed by atoms with Crippen molar-refractivity contribution < 1.29 is 4.79 Å². The van der Waals surface area contributed by atoms with Crippen LogP contribution in [-0.4, -0.2) is 5.78 Å². The van der Waals surface area contributed by atoms with Crippen molar-refractivity contribution in [2.45, 2.75) is 80.1 Å². The van der Waals surface area contributed by atoms with E-state index in [4.69, 9.17) is 5.26 Å². The van der Waals surface area contributed by atoms with Crippen LogP contribution in [0, 0.1) is 16.7 Å². The molecule has 0 spiro atoms. The van der Waals surface area contributed by atoms with Crippen molar-refractivity contribution in [3.8, 4) is 6.07 Å². The zero-order valence-electron chi connectivity index (χ0n) is 16.8. The number of rotatable bonds is 4. The van der Waals surface area contributed by atoms with Crippen molar-refractivity contribution in [2.75, 3.05) is 0 Å². The topological polar surface area (TPSA) is 40.9 Å². The van der Waals surface area contributed by atoms with Gasteiger partial charge in [-0.1, -0.05) is 64.3 Å². The van der Waals surface area contributed by atoms with E-state index in [0.29, 0.717) is 5.78 Å². The van der Waals surface area contributed by atoms with Crippen LogP contribution in [0.4, 0.5) is 0 Å². The summed E-state index contributed by atoms with van der Waals surface area (Å²) < 4.78 is 0. The molecule has 0 bridgehead atoms. The van der Waals surface area contributed by atoms with Gasteiger partial charge in [0.1, 0.15) is 0 Å². The molecular formula is C23H33NO. The van der Waals surface area contributed by atoms with E-state index in [2.05, 4.69) is 58.9 Å². The van der Waals surface area contributed by atoms with Crippen molar-refractivity contribution >= 4 is 5.78 Å². The van der Waals surface area contributed by atoms with Gasteiger partial charge in [0.2, 0.25) is 0 Å². The number of allylic oxidation sites excluding steroid dienone is 2. The fourth-order valence-electron chi connectivity index (χ4n) is 3.47. The molecule has 2 rings (SSSR count). The van der Waals surface area contributed by atoms with Crippen LogP contribution >= 0.6 is 0 Å². The highest BCUT2D eigenvalue weighted by atomic mass is 16.1. The maximum absolute atomic E-state index is 11.4. The Bertz CT molecular complexity index is 650. The molecule has 0 unspecified atom stereocenters. The Morgan fingerprint density at radius 3 is 1.96 bits per heavy atom. The van der Waals surface area contributed by atoms with E-state index in [1.54, 1.807) is 0 Å². The number of ketones is 1. The Morgan fingerprint density at radius 2 is 1.56 bits per heavy atom. The van der Waals surface area contributed by atoms with Gasteiger partial charge in [0, 0.05) is 6.42 Å². The molecule has 0 N–H and O–H groups in total. The number of aryl methyl sites for hydroxylation is 2. The van der Waals surface area contributed by atoms with Crippen molar-refractivity contribution in [3.63, 3.8) is 0 Å². The number of nitrogens with zero attached hydrogens (tertiary/aromatic N) is 1. The van der Waals surface area contributed by atoms with Crippen LogP contribution in [0.2, 0.25) is 0 Å². The molecule has 2 heteroatoms. The number of hydrogen-bond acceptors (Lipinski definition) is 2. The summed E-state index contributed by atoms with van der Waals surface area (Å²) in [6, 6.07) is 8.54. The van der Waals surface area contributed by atoms with Gasteiger partial charge in [-0.15, -0.1) is 0 Å². The molecule has 1 aliphatic carbocycles. The Balaban J connectivity index is 0.000000257. The minimum absolute atomic E-state index is 0.195. The van der Waals surface area contributed by atoms with Crippen LogP contribution < -0.4 is 0 Å². The lowest BCUT2D eigenvalue weighted by molar-refractivity contribution is -0.118. The molecule has 1 aliphatic rings. The lowest BCUT2D eigenvalue weighted by Gasteiger charge is -2.29. The molecule has 0 radical (unpaired) electrons. The van der Waals surface area contributed by atoms with Crippen molar-refractivity contribution in [2.24, 2.45) is 5.41 Å². The van der Waals surface area contributed by atoms with E-state index in [1.165, 1.54) is 16.7 Å². The van der Waals surface area contributed by atoms with Gasteiger partial charge in [0.05, 0.1) is 11.6 Å². The van der Waals surface area contributed by atoms with E-state index < -0.39 is 0 Å². The normalized spacial score (nSPS) is 16.1. The highest BCUT2D eigenvalue weighted by Gasteiger charge is 2.28. The summed E-state index contributed by atoms with van der Waals surface area (Å²) >= 11 is 0. The third-order valence-corrected chi connectivity index (χ3v) is 4.83. The van der Waals surface area contributed by atoms with E-state index >= 15 is 0 Å². The molecule has 0 aliphatic heterocycles. The maximum atomic E-state index is 11.4. The van der Waals surface area contributed by atoms with Crippen LogP contribution in [0.5, 0.6) is 0 Å². The Kier molecular flexibility index (Phi) is 8.10. The Labute approximate surface area is 153 Å². The molecule has 2 nitrogen and oxygen atoms in total. The SMILES string of the molecule is CC1=C(C)C(=O)CC(C)(C)C1.CCCc1cccc(CCC)c1C#N. The van der Waals surface area contributed by atoms with Gasteiger partial charge >= 0.3 is 0 Å². The second-order valence-corrected chi connectivity index (χ2v) is 7.91. The highest BCUT2D eigenvalue weighted by Crippen LogP contribution is 2.36. The number of Topliss-reactive ketones (excluding diaryl/α,β-unsaturated/α-hetero) is 1. The van der Waals surface area contributed by atoms with Gasteiger partial charge < -0.3 is 0 Å². The summed E-state index contributed by atoms with van der Waals surface area (Å²) in [5.74, 6) is 0.332. The average Bonchev–Trinajstić information content (AvgIpc) is 2.53. The molecule has 0 aromatic heterocycles. The van der Waals surface area contributed by atoms with Gasteiger partial charge in [-0.25, -0.2) is 0 Å². The predicted molar refractivity (Wildman–Crippen MR) is 106 cm³/mol. The van der Waals surface area contributed by atoms with Crippen molar-refractivity contribution in [1.29, 1.82) is 5.26 Å². The molecule has 0 atom stereocenters. The third-order valence-electron chi connectivity index (χ3n) is 4.83. The molecule has 136 valence electrons. The van der Waals surface area contributed by atoms with Crippen LogP contribution in [0.15, 0.2) is 29.3 Å². The largest absolute Gasteiger partial charge is 0.295 e. The lowest BCUT2D eigenvalue weighted by Crippen LogP contribution is -2.23. The van der Waals surface area contributed by atoms with Crippen LogP contribution in [0.25, 0.3) is 0 Å². The number of hydrogen-bond donors (Lipinski definition) is 0. The summed E-state index contributed by atoms with van der Waals surface area (Å²) in [6.45, 7) is 12.6. The summed E-state index contributed by atoms with van der Waals surface area (Å²) in [6.07, 6.45) is 6.02. The third kappa shape index (κ3) is 6.16. The van der Waals surface area contributed by atoms with Crippen LogP contribution in [-0.2, 0) is 17.6 Å². The Hall–Kier alpha value is -1.88. The zero-order chi connectivity index (χ0) is 19.0. The predicted octanol–water partition coefficient (Wildman–Crippen LogP) is 6.18. The lowest BCUT2D eigenvalue weighted by atomic mass is 9.74. The second-order valence-electron chi connectivity index (χ2n) is 7.91. The first-order valence-corrected chi connectivity index (χ1v) is 9.46. The van der Waals surface area contributed by atoms with Crippen molar-refractivity contribution in [3.05, 3.63) is 46.0 Å². The molecule has 0 fully saturated rings. The zero-order valence-corrected chi connectivity index (χ0v) is 16.8. The quantitative estimate of drug-likeness (QED) is 0.657. The highest BCUT2D eigenvalue weighted by molar-refractivity contribution is 5.96. The summed E-state index contributed by atoms with van der Waals surface area (Å²) in [5.41, 5.74) is 5.79. The minimum Gasteiger partial charge on any atom is -0.295 e. The number of carbonyl (C=O) groups excluding carboxylic acids is 1. The van der Waals surface area contributed by atoms with Gasteiger partial charge in [0.25, 0.3) is 0 Å². The molecule has 25 heavy (non-hydrogen) atoms. The number of nitriles is 1. The van der Waals surface area contributed by atoms with Gasteiger partial charge in [-0.05, 0) is 55.2 Å². The molecule has 0 saturated heterocycles. The van der Waals surface area contributed by atoms with E-state index in [-0.39, 0.29) is 5.41 Å². The first-order chi connectivity index (χ1) is 11.8. The fraction of sp³-hybridized carbons (Fsp3) is 0.565. The van der Waals surface area contributed by atoms with Crippen LogP contribution in [0.3, 0.4) is 0 Å². The standard InChI is InChI=1S/C13H17N.C10H16O/c1-3-6-11-8-5-9-12(7-4-2)13(11)10-14;1-7-5-10(3,4)6-9(11)8(7)2/h5,8-9H,3-4,6-7H2,1-2H3;5-6H2,1-4H3. The molecule has 0 heterocycles. The smallest absolute Gasteiger partial charge is 0.159 e. The van der Waals surface area contributed by atoms with E-state index in [1.807, 2.05) is 6.92 Å². The first kappa shape index (κ1) is 21.2. The molecular weight excluding hydrogens is 306 g/mol. The second kappa shape index (κ2) is 9.56. The summed E-state index contributed by atoms with van der Waals surface area (Å²) in [7, 11) is 0. The maximum Gasteiger partial charge on any atom is 0.159 e. The van der Waals surface area contributed by atoms with Gasteiger partial charge in [-0.3, -0.25) is 4.79 Å². The molecule has 0 amide bonds. The number of carbonyl (C=O) groups is 1. The molecule has 1 aromatic rings. The minimum atomic E-state index is 0.195. The molecule has 1 aromatic carbocycles. The Morgan fingerprint density at radius 1 is 1.04 bits per heavy atom. The van der Waals surface area contributed by atoms with Gasteiger partial charge in [0.15, 0.2) is 5.78 Å². The number of benzene rings is 1. The summed E-state index contributed by atoms with van der Waals surface area (Å²) in [4.78, 5) is 11.4. The van der Waals surface area contributed by atoms with E-state index in [9.17, 15) is 4.79 Å². The summed E-state index contributed by atoms with van der Waals surface area (Å²) in [5, 5.41) is 9.10. The average molecular weight is 340 g/mol. The van der Waals surface area contributed by atoms with Crippen LogP contribution in [0.1, 0.15) is 83.9 Å². The first-order valence-electron chi connectivity index (χ1n) is 9.46. The fourth-order valence-corrected chi connectivity index (χ4v) is 3.47.